The van der Waals surface area contributed by atoms with E-state index < -0.39 is 34.5 Å². The number of carbonyl (C=O) groups is 1. The lowest BCUT2D eigenvalue weighted by molar-refractivity contribution is -0.138. The van der Waals surface area contributed by atoms with Gasteiger partial charge in [-0.2, -0.15) is 30.2 Å². The molecule has 9 nitrogen and oxygen atoms in total. The fourth-order valence-electron chi connectivity index (χ4n) is 4.42. The largest absolute Gasteiger partial charge is 0.493 e. The van der Waals surface area contributed by atoms with Crippen LogP contribution < -0.4 is 4.74 Å². The molecule has 1 aliphatic heterocycles. The van der Waals surface area contributed by atoms with Gasteiger partial charge in [-0.15, -0.1) is 0 Å². The van der Waals surface area contributed by atoms with E-state index in [1.807, 2.05) is 0 Å². The van der Waals surface area contributed by atoms with Crippen molar-refractivity contribution >= 4 is 16.2 Å². The number of piperidine rings is 1. The molecule has 1 aromatic heterocycles. The maximum Gasteiger partial charge on any atom is 0.416 e. The lowest BCUT2D eigenvalue weighted by Crippen LogP contribution is -2.47. The second-order valence-corrected chi connectivity index (χ2v) is 11.4. The Labute approximate surface area is 230 Å². The Bertz CT molecular complexity index is 1420. The van der Waals surface area contributed by atoms with E-state index in [1.54, 1.807) is 31.2 Å². The number of aliphatic carboxylic acids is 1. The molecule has 4 rings (SSSR count). The van der Waals surface area contributed by atoms with E-state index >= 15 is 0 Å². The molecule has 0 aliphatic carbocycles. The zero-order chi connectivity index (χ0) is 28.9. The SMILES string of the molecule is Cc1oc(-c2ccc(C(F)(F)F)cc2)nc1CCOc1cccc(CN(CC(=O)O)S(=O)(=O)N2CCCCC2)c1. The van der Waals surface area contributed by atoms with Gasteiger partial charge in [-0.1, -0.05) is 18.6 Å². The second-order valence-electron chi connectivity index (χ2n) is 9.47. The summed E-state index contributed by atoms with van der Waals surface area (Å²) in [5.74, 6) is -0.0602. The molecule has 1 saturated heterocycles. The van der Waals surface area contributed by atoms with Gasteiger partial charge in [0, 0.05) is 31.6 Å². The molecule has 0 bridgehead atoms. The standard InChI is InChI=1S/C27H30F3N3O6S/c1-19-24(31-26(39-19)21-8-10-22(11-9-21)27(28,29)30)12-15-38-23-7-5-6-20(16-23)17-33(18-25(34)35)40(36,37)32-13-3-2-4-14-32/h5-11,16H,2-4,12-15,17-18H2,1H3,(H,34,35). The molecule has 0 atom stereocenters. The van der Waals surface area contributed by atoms with Crippen LogP contribution in [0.3, 0.4) is 0 Å². The molecule has 0 radical (unpaired) electrons. The van der Waals surface area contributed by atoms with Gasteiger partial charge in [-0.25, -0.2) is 4.98 Å². The number of oxazole rings is 1. The van der Waals surface area contributed by atoms with Crippen molar-refractivity contribution in [3.63, 3.8) is 0 Å². The van der Waals surface area contributed by atoms with Gasteiger partial charge in [-0.3, -0.25) is 4.79 Å². The van der Waals surface area contributed by atoms with Gasteiger partial charge in [0.05, 0.1) is 17.9 Å². The van der Waals surface area contributed by atoms with Gasteiger partial charge in [0.25, 0.3) is 10.2 Å². The van der Waals surface area contributed by atoms with Crippen LogP contribution in [-0.2, 0) is 34.1 Å². The van der Waals surface area contributed by atoms with E-state index in [-0.39, 0.29) is 19.0 Å². The Kier molecular flexibility index (Phi) is 9.16. The summed E-state index contributed by atoms with van der Waals surface area (Å²) in [5.41, 5.74) is 0.819. The monoisotopic (exact) mass is 581 g/mol. The van der Waals surface area contributed by atoms with Crippen molar-refractivity contribution in [2.45, 2.75) is 45.3 Å². The molecule has 216 valence electrons. The molecule has 0 saturated carbocycles. The first-order chi connectivity index (χ1) is 18.9. The number of alkyl halides is 3. The maximum atomic E-state index is 13.1. The summed E-state index contributed by atoms with van der Waals surface area (Å²) >= 11 is 0. The van der Waals surface area contributed by atoms with Crippen LogP contribution in [0.15, 0.2) is 52.9 Å². The summed E-state index contributed by atoms with van der Waals surface area (Å²) in [6.45, 7) is 1.86. The first-order valence-corrected chi connectivity index (χ1v) is 14.2. The average molecular weight is 582 g/mol. The highest BCUT2D eigenvalue weighted by Gasteiger charge is 2.32. The molecular weight excluding hydrogens is 551 g/mol. The van der Waals surface area contributed by atoms with Gasteiger partial charge in [0.15, 0.2) is 0 Å². The number of hydrogen-bond acceptors (Lipinski definition) is 6. The number of carboxylic acids is 1. The number of carboxylic acid groups (broad SMARTS) is 1. The highest BCUT2D eigenvalue weighted by molar-refractivity contribution is 7.86. The molecule has 1 fully saturated rings. The fourth-order valence-corrected chi connectivity index (χ4v) is 6.05. The summed E-state index contributed by atoms with van der Waals surface area (Å²) in [6, 6.07) is 11.3. The minimum Gasteiger partial charge on any atom is -0.493 e. The topological polar surface area (TPSA) is 113 Å². The lowest BCUT2D eigenvalue weighted by Gasteiger charge is -2.31. The summed E-state index contributed by atoms with van der Waals surface area (Å²) in [4.78, 5) is 15.8. The van der Waals surface area contributed by atoms with Gasteiger partial charge in [-0.05, 0) is 61.7 Å². The van der Waals surface area contributed by atoms with Gasteiger partial charge < -0.3 is 14.3 Å². The van der Waals surface area contributed by atoms with Crippen molar-refractivity contribution in [3.8, 4) is 17.2 Å². The summed E-state index contributed by atoms with van der Waals surface area (Å²) < 4.78 is 78.5. The third-order valence-corrected chi connectivity index (χ3v) is 8.42. The van der Waals surface area contributed by atoms with Crippen molar-refractivity contribution in [2.75, 3.05) is 26.2 Å². The average Bonchev–Trinajstić information content (AvgIpc) is 3.28. The lowest BCUT2D eigenvalue weighted by atomic mass is 10.1. The first-order valence-electron chi connectivity index (χ1n) is 12.8. The Morgan fingerprint density at radius 3 is 2.48 bits per heavy atom. The Morgan fingerprint density at radius 2 is 1.82 bits per heavy atom. The van der Waals surface area contributed by atoms with E-state index in [1.165, 1.54) is 16.4 Å². The van der Waals surface area contributed by atoms with Crippen LogP contribution in [0.2, 0.25) is 0 Å². The molecule has 1 aliphatic rings. The normalized spacial score (nSPS) is 14.9. The van der Waals surface area contributed by atoms with Gasteiger partial charge in [0.2, 0.25) is 5.89 Å². The third kappa shape index (κ3) is 7.40. The number of hydrogen-bond donors (Lipinski definition) is 1. The van der Waals surface area contributed by atoms with Crippen LogP contribution in [-0.4, -0.2) is 59.3 Å². The van der Waals surface area contributed by atoms with E-state index in [0.29, 0.717) is 47.8 Å². The van der Waals surface area contributed by atoms with Crippen molar-refractivity contribution in [1.82, 2.24) is 13.6 Å². The van der Waals surface area contributed by atoms with Crippen LogP contribution in [0.4, 0.5) is 13.2 Å². The van der Waals surface area contributed by atoms with Crippen molar-refractivity contribution < 1.29 is 40.6 Å². The van der Waals surface area contributed by atoms with E-state index in [2.05, 4.69) is 4.98 Å². The van der Waals surface area contributed by atoms with Crippen LogP contribution in [0.5, 0.6) is 5.75 Å². The molecular formula is C27H30F3N3O6S. The quantitative estimate of drug-likeness (QED) is 0.343. The minimum absolute atomic E-state index is 0.124. The Morgan fingerprint density at radius 1 is 1.12 bits per heavy atom. The third-order valence-electron chi connectivity index (χ3n) is 6.50. The number of aryl methyl sites for hydroxylation is 1. The second kappa shape index (κ2) is 12.4. The first kappa shape index (κ1) is 29.6. The molecule has 0 spiro atoms. The van der Waals surface area contributed by atoms with Crippen LogP contribution >= 0.6 is 0 Å². The van der Waals surface area contributed by atoms with Gasteiger partial charge in [0.1, 0.15) is 18.1 Å². The number of ether oxygens (including phenoxy) is 1. The molecule has 3 aromatic rings. The number of aromatic nitrogens is 1. The Balaban J connectivity index is 1.39. The highest BCUT2D eigenvalue weighted by Crippen LogP contribution is 2.31. The molecule has 0 unspecified atom stereocenters. The fraction of sp³-hybridized carbons (Fsp3) is 0.407. The smallest absolute Gasteiger partial charge is 0.416 e. The van der Waals surface area contributed by atoms with Crippen LogP contribution in [0.25, 0.3) is 11.5 Å². The molecule has 40 heavy (non-hydrogen) atoms. The van der Waals surface area contributed by atoms with E-state index in [0.717, 1.165) is 35.7 Å². The summed E-state index contributed by atoms with van der Waals surface area (Å²) in [5, 5.41) is 9.34. The summed E-state index contributed by atoms with van der Waals surface area (Å²) in [6.07, 6.45) is -1.66. The van der Waals surface area contributed by atoms with Crippen molar-refractivity contribution in [2.24, 2.45) is 0 Å². The minimum atomic E-state index is -4.43. The van der Waals surface area contributed by atoms with Crippen molar-refractivity contribution in [3.05, 3.63) is 71.1 Å². The molecule has 13 heteroatoms. The number of halogens is 3. The Hall–Kier alpha value is -3.42. The van der Waals surface area contributed by atoms with Crippen LogP contribution in [0, 0.1) is 6.92 Å². The zero-order valence-electron chi connectivity index (χ0n) is 21.9. The predicted octanol–water partition coefficient (Wildman–Crippen LogP) is 4.91. The summed E-state index contributed by atoms with van der Waals surface area (Å²) in [7, 11) is -3.95. The number of nitrogens with zero attached hydrogens (tertiary/aromatic N) is 3. The van der Waals surface area contributed by atoms with E-state index in [4.69, 9.17) is 9.15 Å². The highest BCUT2D eigenvalue weighted by atomic mass is 32.2. The van der Waals surface area contributed by atoms with Crippen molar-refractivity contribution in [1.29, 1.82) is 0 Å². The molecule has 2 heterocycles. The zero-order valence-corrected chi connectivity index (χ0v) is 22.7. The van der Waals surface area contributed by atoms with Crippen LogP contribution in [0.1, 0.15) is 41.8 Å². The number of rotatable bonds is 11. The van der Waals surface area contributed by atoms with Gasteiger partial charge >= 0.3 is 12.1 Å². The van der Waals surface area contributed by atoms with E-state index in [9.17, 15) is 31.5 Å². The maximum absolute atomic E-state index is 13.1. The molecule has 0 amide bonds. The molecule has 1 N–H and O–H groups in total. The molecule has 2 aromatic carbocycles. The predicted molar refractivity (Wildman–Crippen MR) is 140 cm³/mol. The number of benzene rings is 2.